The van der Waals surface area contributed by atoms with Crippen molar-refractivity contribution < 1.29 is 9.84 Å². The first-order valence-corrected chi connectivity index (χ1v) is 4.38. The molecule has 0 aromatic heterocycles. The van der Waals surface area contributed by atoms with E-state index in [4.69, 9.17) is 4.74 Å². The zero-order valence-electron chi connectivity index (χ0n) is 7.63. The van der Waals surface area contributed by atoms with Crippen LogP contribution in [0.3, 0.4) is 0 Å². The molecule has 11 heavy (non-hydrogen) atoms. The Kier molecular flexibility index (Phi) is 2.55. The van der Waals surface area contributed by atoms with Crippen molar-refractivity contribution in [1.29, 1.82) is 0 Å². The summed E-state index contributed by atoms with van der Waals surface area (Å²) >= 11 is 0. The molecule has 1 rings (SSSR count). The average molecular weight is 158 g/mol. The normalized spacial score (nSPS) is 22.9. The van der Waals surface area contributed by atoms with E-state index in [1.807, 2.05) is 6.92 Å². The van der Waals surface area contributed by atoms with Crippen LogP contribution in [-0.4, -0.2) is 22.9 Å². The maximum atomic E-state index is 9.53. The molecular weight excluding hydrogens is 140 g/mol. The van der Waals surface area contributed by atoms with Crippen molar-refractivity contribution in [3.8, 4) is 0 Å². The maximum Gasteiger partial charge on any atom is 0.0849 e. The van der Waals surface area contributed by atoms with E-state index >= 15 is 0 Å². The van der Waals surface area contributed by atoms with Crippen molar-refractivity contribution in [3.63, 3.8) is 0 Å². The molecule has 2 heteroatoms. The van der Waals surface area contributed by atoms with Gasteiger partial charge < -0.3 is 9.84 Å². The van der Waals surface area contributed by atoms with Crippen LogP contribution in [0.2, 0.25) is 0 Å². The van der Waals surface area contributed by atoms with E-state index < -0.39 is 5.60 Å². The molecule has 1 saturated carbocycles. The summed E-state index contributed by atoms with van der Waals surface area (Å²) in [6.07, 6.45) is 3.98. The highest BCUT2D eigenvalue weighted by molar-refractivity contribution is 4.78. The van der Waals surface area contributed by atoms with Crippen LogP contribution in [-0.2, 0) is 4.74 Å². The highest BCUT2D eigenvalue weighted by atomic mass is 16.5. The van der Waals surface area contributed by atoms with Gasteiger partial charge in [-0.2, -0.15) is 0 Å². The molecule has 66 valence electrons. The van der Waals surface area contributed by atoms with Gasteiger partial charge in [0.25, 0.3) is 0 Å². The van der Waals surface area contributed by atoms with Gasteiger partial charge in [0.1, 0.15) is 0 Å². The van der Waals surface area contributed by atoms with Gasteiger partial charge in [0.2, 0.25) is 0 Å². The van der Waals surface area contributed by atoms with Crippen molar-refractivity contribution in [3.05, 3.63) is 0 Å². The van der Waals surface area contributed by atoms with E-state index in [1.54, 1.807) is 13.8 Å². The lowest BCUT2D eigenvalue weighted by molar-refractivity contribution is -0.127. The highest BCUT2D eigenvalue weighted by Gasteiger charge is 2.28. The predicted octanol–water partition coefficient (Wildman–Crippen LogP) is 1.71. The molecule has 0 aromatic carbocycles. The smallest absolute Gasteiger partial charge is 0.0849 e. The Bertz CT molecular complexity index is 122. The third-order valence-corrected chi connectivity index (χ3v) is 2.44. The van der Waals surface area contributed by atoms with Gasteiger partial charge in [-0.25, -0.2) is 0 Å². The van der Waals surface area contributed by atoms with Gasteiger partial charge in [-0.3, -0.25) is 0 Å². The maximum absolute atomic E-state index is 9.53. The molecular formula is C9H18O2. The van der Waals surface area contributed by atoms with Crippen LogP contribution in [0.4, 0.5) is 0 Å². The second-order valence-electron chi connectivity index (χ2n) is 3.98. The van der Waals surface area contributed by atoms with Gasteiger partial charge in [0.05, 0.1) is 17.8 Å². The first kappa shape index (κ1) is 9.01. The Morgan fingerprint density at radius 2 is 2.00 bits per heavy atom. The molecule has 1 fully saturated rings. The summed E-state index contributed by atoms with van der Waals surface area (Å²) in [6.45, 7) is 5.50. The summed E-state index contributed by atoms with van der Waals surface area (Å²) in [6, 6.07) is 0. The van der Waals surface area contributed by atoms with E-state index in [9.17, 15) is 5.11 Å². The molecule has 1 aliphatic carbocycles. The Balaban J connectivity index is 2.24. The lowest BCUT2D eigenvalue weighted by Crippen LogP contribution is -2.40. The van der Waals surface area contributed by atoms with Gasteiger partial charge in [-0.15, -0.1) is 0 Å². The van der Waals surface area contributed by atoms with Crippen molar-refractivity contribution in [2.24, 2.45) is 0 Å². The van der Waals surface area contributed by atoms with E-state index in [-0.39, 0.29) is 6.10 Å². The van der Waals surface area contributed by atoms with Crippen LogP contribution in [0, 0.1) is 0 Å². The Morgan fingerprint density at radius 3 is 2.27 bits per heavy atom. The quantitative estimate of drug-likeness (QED) is 0.677. The van der Waals surface area contributed by atoms with Crippen LogP contribution in [0.15, 0.2) is 0 Å². The molecule has 1 atom stereocenters. The van der Waals surface area contributed by atoms with Gasteiger partial charge in [-0.1, -0.05) is 0 Å². The second kappa shape index (κ2) is 3.11. The molecule has 2 nitrogen and oxygen atoms in total. The topological polar surface area (TPSA) is 29.5 Å². The molecule has 0 saturated heterocycles. The number of hydrogen-bond acceptors (Lipinski definition) is 2. The molecule has 0 amide bonds. The van der Waals surface area contributed by atoms with Crippen LogP contribution in [0.25, 0.3) is 0 Å². The molecule has 0 aromatic rings. The fourth-order valence-corrected chi connectivity index (χ4v) is 0.962. The first-order valence-electron chi connectivity index (χ1n) is 4.38. The predicted molar refractivity (Wildman–Crippen MR) is 44.5 cm³/mol. The minimum atomic E-state index is -0.699. The molecule has 0 radical (unpaired) electrons. The number of rotatable bonds is 3. The van der Waals surface area contributed by atoms with Crippen molar-refractivity contribution in [2.75, 3.05) is 0 Å². The number of hydrogen-bond donors (Lipinski definition) is 1. The van der Waals surface area contributed by atoms with Gasteiger partial charge in [0.15, 0.2) is 0 Å². The van der Waals surface area contributed by atoms with E-state index in [0.29, 0.717) is 6.10 Å². The van der Waals surface area contributed by atoms with E-state index in [2.05, 4.69) is 0 Å². The molecule has 0 bridgehead atoms. The van der Waals surface area contributed by atoms with Crippen molar-refractivity contribution in [1.82, 2.24) is 0 Å². The average Bonchev–Trinajstić information content (AvgIpc) is 1.75. The van der Waals surface area contributed by atoms with Crippen LogP contribution in [0.1, 0.15) is 40.0 Å². The third-order valence-electron chi connectivity index (χ3n) is 2.44. The van der Waals surface area contributed by atoms with Gasteiger partial charge in [0, 0.05) is 0 Å². The summed E-state index contributed by atoms with van der Waals surface area (Å²) in [7, 11) is 0. The van der Waals surface area contributed by atoms with Crippen molar-refractivity contribution in [2.45, 2.75) is 57.8 Å². The third kappa shape index (κ3) is 2.46. The Morgan fingerprint density at radius 1 is 1.45 bits per heavy atom. The second-order valence-corrected chi connectivity index (χ2v) is 3.98. The lowest BCUT2D eigenvalue weighted by Gasteiger charge is -2.34. The molecule has 0 aliphatic heterocycles. The summed E-state index contributed by atoms with van der Waals surface area (Å²) in [5.74, 6) is 0. The standard InChI is InChI=1S/C9H18O2/c1-7(9(2,3)10)11-8-5-4-6-8/h7-8,10H,4-6H2,1-3H3. The van der Waals surface area contributed by atoms with Crippen LogP contribution >= 0.6 is 0 Å². The Hall–Kier alpha value is -0.0800. The van der Waals surface area contributed by atoms with E-state index in [1.165, 1.54) is 19.3 Å². The Labute approximate surface area is 68.6 Å². The minimum absolute atomic E-state index is 0.0483. The van der Waals surface area contributed by atoms with Crippen LogP contribution < -0.4 is 0 Å². The zero-order chi connectivity index (χ0) is 8.48. The number of aliphatic hydroxyl groups is 1. The fraction of sp³-hybridized carbons (Fsp3) is 1.00. The summed E-state index contributed by atoms with van der Waals surface area (Å²) in [4.78, 5) is 0. The molecule has 0 heterocycles. The SMILES string of the molecule is CC(OC1CCC1)C(C)(C)O. The monoisotopic (exact) mass is 158 g/mol. The summed E-state index contributed by atoms with van der Waals surface area (Å²) in [5, 5.41) is 9.53. The molecule has 1 unspecified atom stereocenters. The fourth-order valence-electron chi connectivity index (χ4n) is 0.962. The van der Waals surface area contributed by atoms with Gasteiger partial charge >= 0.3 is 0 Å². The number of ether oxygens (including phenoxy) is 1. The first-order chi connectivity index (χ1) is 5.00. The summed E-state index contributed by atoms with van der Waals surface area (Å²) < 4.78 is 5.60. The molecule has 1 N–H and O–H groups in total. The van der Waals surface area contributed by atoms with Gasteiger partial charge in [-0.05, 0) is 40.0 Å². The molecule has 0 spiro atoms. The minimum Gasteiger partial charge on any atom is -0.388 e. The zero-order valence-corrected chi connectivity index (χ0v) is 7.63. The summed E-state index contributed by atoms with van der Waals surface area (Å²) in [5.41, 5.74) is -0.699. The van der Waals surface area contributed by atoms with Crippen LogP contribution in [0.5, 0.6) is 0 Å². The lowest BCUT2D eigenvalue weighted by atomic mass is 9.95. The highest BCUT2D eigenvalue weighted by Crippen LogP contribution is 2.25. The van der Waals surface area contributed by atoms with Crippen molar-refractivity contribution >= 4 is 0 Å². The molecule has 1 aliphatic rings. The largest absolute Gasteiger partial charge is 0.388 e. The van der Waals surface area contributed by atoms with E-state index in [0.717, 1.165) is 0 Å².